The summed E-state index contributed by atoms with van der Waals surface area (Å²) in [7, 11) is 5.64. The van der Waals surface area contributed by atoms with E-state index in [1.165, 1.54) is 11.3 Å². The molecule has 7 nitrogen and oxygen atoms in total. The van der Waals surface area contributed by atoms with Crippen LogP contribution in [-0.4, -0.2) is 68.4 Å². The molecule has 166 valence electrons. The summed E-state index contributed by atoms with van der Waals surface area (Å²) in [4.78, 5) is 43.4. The molecule has 3 rings (SSSR count). The van der Waals surface area contributed by atoms with Crippen molar-refractivity contribution in [2.45, 2.75) is 19.4 Å². The number of esters is 1. The Labute approximate surface area is 187 Å². The fourth-order valence-electron chi connectivity index (χ4n) is 3.53. The molecule has 1 atom stereocenters. The standard InChI is InChI=1S/C23H29N3O4S/c1-24(2)19-10-8-17(9-11-19)14-25(3)21(27)16-30-23(29)18-6-4-12-26(15-18)22(28)20-7-5-13-31-20/h5,7-11,13,18H,4,6,12,14-16H2,1-3H3. The minimum Gasteiger partial charge on any atom is -0.455 e. The van der Waals surface area contributed by atoms with Crippen molar-refractivity contribution in [2.24, 2.45) is 5.92 Å². The molecule has 0 radical (unpaired) electrons. The van der Waals surface area contributed by atoms with Gasteiger partial charge in [-0.05, 0) is 42.0 Å². The third-order valence-electron chi connectivity index (χ3n) is 5.41. The van der Waals surface area contributed by atoms with Crippen molar-refractivity contribution in [1.82, 2.24) is 9.80 Å². The lowest BCUT2D eigenvalue weighted by Gasteiger charge is -2.31. The average Bonchev–Trinajstić information content (AvgIpc) is 3.32. The molecule has 1 aliphatic rings. The van der Waals surface area contributed by atoms with Crippen LogP contribution in [0, 0.1) is 5.92 Å². The van der Waals surface area contributed by atoms with Crippen molar-refractivity contribution in [3.05, 3.63) is 52.2 Å². The highest BCUT2D eigenvalue weighted by Crippen LogP contribution is 2.21. The van der Waals surface area contributed by atoms with Crippen LogP contribution in [0.15, 0.2) is 41.8 Å². The van der Waals surface area contributed by atoms with E-state index < -0.39 is 11.9 Å². The molecule has 1 aliphatic heterocycles. The van der Waals surface area contributed by atoms with Gasteiger partial charge < -0.3 is 19.4 Å². The number of carbonyl (C=O) groups excluding carboxylic acids is 3. The predicted octanol–water partition coefficient (Wildman–Crippen LogP) is 2.87. The molecule has 0 saturated carbocycles. The van der Waals surface area contributed by atoms with Gasteiger partial charge in [0.05, 0.1) is 10.8 Å². The van der Waals surface area contributed by atoms with Gasteiger partial charge in [0, 0.05) is 46.5 Å². The van der Waals surface area contributed by atoms with Crippen LogP contribution in [0.3, 0.4) is 0 Å². The summed E-state index contributed by atoms with van der Waals surface area (Å²) >= 11 is 1.39. The molecular weight excluding hydrogens is 414 g/mol. The number of ether oxygens (including phenoxy) is 1. The van der Waals surface area contributed by atoms with E-state index in [1.54, 1.807) is 22.9 Å². The van der Waals surface area contributed by atoms with E-state index in [-0.39, 0.29) is 18.4 Å². The van der Waals surface area contributed by atoms with Crippen LogP contribution in [0.1, 0.15) is 28.1 Å². The van der Waals surface area contributed by atoms with Gasteiger partial charge in [-0.15, -0.1) is 11.3 Å². The van der Waals surface area contributed by atoms with Gasteiger partial charge in [0.2, 0.25) is 0 Å². The monoisotopic (exact) mass is 443 g/mol. The highest BCUT2D eigenvalue weighted by molar-refractivity contribution is 7.12. The number of piperidine rings is 1. The zero-order valence-electron chi connectivity index (χ0n) is 18.2. The van der Waals surface area contributed by atoms with Gasteiger partial charge in [-0.2, -0.15) is 0 Å². The molecule has 0 bridgehead atoms. The van der Waals surface area contributed by atoms with Gasteiger partial charge in [0.15, 0.2) is 6.61 Å². The first-order valence-corrected chi connectivity index (χ1v) is 11.2. The van der Waals surface area contributed by atoms with E-state index in [4.69, 9.17) is 4.74 Å². The summed E-state index contributed by atoms with van der Waals surface area (Å²) < 4.78 is 5.30. The van der Waals surface area contributed by atoms with Gasteiger partial charge in [-0.25, -0.2) is 0 Å². The molecule has 1 fully saturated rings. The molecule has 8 heteroatoms. The number of carbonyl (C=O) groups is 3. The highest BCUT2D eigenvalue weighted by atomic mass is 32.1. The smallest absolute Gasteiger partial charge is 0.311 e. The average molecular weight is 444 g/mol. The number of rotatable bonds is 7. The first-order chi connectivity index (χ1) is 14.8. The molecule has 1 aromatic carbocycles. The van der Waals surface area contributed by atoms with E-state index in [2.05, 4.69) is 0 Å². The van der Waals surface area contributed by atoms with Crippen molar-refractivity contribution < 1.29 is 19.1 Å². The Bertz CT molecular complexity index is 896. The Morgan fingerprint density at radius 3 is 2.52 bits per heavy atom. The van der Waals surface area contributed by atoms with Crippen molar-refractivity contribution >= 4 is 34.8 Å². The lowest BCUT2D eigenvalue weighted by atomic mass is 9.98. The maximum Gasteiger partial charge on any atom is 0.311 e. The second-order valence-corrected chi connectivity index (χ2v) is 8.93. The topological polar surface area (TPSA) is 70.2 Å². The number of likely N-dealkylation sites (tertiary alicyclic amines) is 1. The molecule has 2 heterocycles. The zero-order chi connectivity index (χ0) is 22.4. The Kier molecular flexibility index (Phi) is 7.68. The maximum absolute atomic E-state index is 12.5. The molecule has 1 unspecified atom stereocenters. The molecular formula is C23H29N3O4S. The Balaban J connectivity index is 1.46. The molecule has 0 spiro atoms. The number of hydrogen-bond donors (Lipinski definition) is 0. The van der Waals surface area contributed by atoms with Crippen LogP contribution in [0.5, 0.6) is 0 Å². The van der Waals surface area contributed by atoms with E-state index in [0.717, 1.165) is 17.7 Å². The highest BCUT2D eigenvalue weighted by Gasteiger charge is 2.30. The second kappa shape index (κ2) is 10.4. The largest absolute Gasteiger partial charge is 0.455 e. The molecule has 0 aliphatic carbocycles. The van der Waals surface area contributed by atoms with Crippen LogP contribution < -0.4 is 4.90 Å². The normalized spacial score (nSPS) is 16.0. The lowest BCUT2D eigenvalue weighted by Crippen LogP contribution is -2.43. The summed E-state index contributed by atoms with van der Waals surface area (Å²) in [6.45, 7) is 1.11. The van der Waals surface area contributed by atoms with Crippen molar-refractivity contribution in [1.29, 1.82) is 0 Å². The quantitative estimate of drug-likeness (QED) is 0.616. The fraction of sp³-hybridized carbons (Fsp3) is 0.435. The SMILES string of the molecule is CN(Cc1ccc(N(C)C)cc1)C(=O)COC(=O)C1CCCN(C(=O)c2cccs2)C1. The molecule has 1 saturated heterocycles. The predicted molar refractivity (Wildman–Crippen MR) is 121 cm³/mol. The van der Waals surface area contributed by atoms with E-state index >= 15 is 0 Å². The van der Waals surface area contributed by atoms with Crippen LogP contribution in [0.4, 0.5) is 5.69 Å². The fourth-order valence-corrected chi connectivity index (χ4v) is 4.22. The van der Waals surface area contributed by atoms with E-state index in [1.807, 2.05) is 54.7 Å². The zero-order valence-corrected chi connectivity index (χ0v) is 19.1. The second-order valence-electron chi connectivity index (χ2n) is 7.99. The summed E-state index contributed by atoms with van der Waals surface area (Å²) in [6.07, 6.45) is 1.41. The third-order valence-corrected chi connectivity index (χ3v) is 6.27. The molecule has 1 aromatic heterocycles. The van der Waals surface area contributed by atoms with Crippen LogP contribution in [0.25, 0.3) is 0 Å². The van der Waals surface area contributed by atoms with Crippen LogP contribution in [0.2, 0.25) is 0 Å². The van der Waals surface area contributed by atoms with Gasteiger partial charge in [-0.1, -0.05) is 18.2 Å². The Morgan fingerprint density at radius 1 is 1.13 bits per heavy atom. The lowest BCUT2D eigenvalue weighted by molar-refractivity contribution is -0.156. The summed E-state index contributed by atoms with van der Waals surface area (Å²) in [5, 5.41) is 1.86. The summed E-state index contributed by atoms with van der Waals surface area (Å²) in [5.74, 6) is -1.12. The Morgan fingerprint density at radius 2 is 1.87 bits per heavy atom. The van der Waals surface area contributed by atoms with Gasteiger partial charge in [0.1, 0.15) is 0 Å². The number of anilines is 1. The van der Waals surface area contributed by atoms with Gasteiger partial charge >= 0.3 is 5.97 Å². The number of benzene rings is 1. The number of hydrogen-bond acceptors (Lipinski definition) is 6. The number of thiophene rings is 1. The molecule has 0 N–H and O–H groups in total. The minimum atomic E-state index is -0.416. The van der Waals surface area contributed by atoms with Gasteiger partial charge in [-0.3, -0.25) is 14.4 Å². The first-order valence-electron chi connectivity index (χ1n) is 10.3. The van der Waals surface area contributed by atoms with Crippen molar-refractivity contribution in [3.63, 3.8) is 0 Å². The summed E-state index contributed by atoms with van der Waals surface area (Å²) in [5.41, 5.74) is 2.09. The number of amides is 2. The van der Waals surface area contributed by atoms with E-state index in [9.17, 15) is 14.4 Å². The molecule has 2 amide bonds. The molecule has 2 aromatic rings. The van der Waals surface area contributed by atoms with Crippen molar-refractivity contribution in [3.8, 4) is 0 Å². The van der Waals surface area contributed by atoms with Crippen molar-refractivity contribution in [2.75, 3.05) is 45.7 Å². The Hall–Kier alpha value is -2.87. The third kappa shape index (κ3) is 6.07. The molecule has 31 heavy (non-hydrogen) atoms. The summed E-state index contributed by atoms with van der Waals surface area (Å²) in [6, 6.07) is 11.6. The van der Waals surface area contributed by atoms with Crippen LogP contribution in [-0.2, 0) is 20.9 Å². The van der Waals surface area contributed by atoms with E-state index in [0.29, 0.717) is 30.9 Å². The van der Waals surface area contributed by atoms with Crippen LogP contribution >= 0.6 is 11.3 Å². The number of nitrogens with zero attached hydrogens (tertiary/aromatic N) is 3. The van der Waals surface area contributed by atoms with Gasteiger partial charge in [0.25, 0.3) is 11.8 Å². The minimum absolute atomic E-state index is 0.0522. The maximum atomic E-state index is 12.5. The number of likely N-dealkylation sites (N-methyl/N-ethyl adjacent to an activating group) is 1. The first kappa shape index (κ1) is 22.8.